The molecule has 3 aliphatic heterocycles. The lowest BCUT2D eigenvalue weighted by molar-refractivity contribution is -0.141. The summed E-state index contributed by atoms with van der Waals surface area (Å²) < 4.78 is 165. The van der Waals surface area contributed by atoms with Crippen LogP contribution in [0.1, 0.15) is 44.4 Å². The fourth-order valence-electron chi connectivity index (χ4n) is 11.2. The minimum Gasteiger partial charge on any atom is -0.394 e. The second-order valence-corrected chi connectivity index (χ2v) is 27.5. The summed E-state index contributed by atoms with van der Waals surface area (Å²) in [6.45, 7) is -5.98. The van der Waals surface area contributed by atoms with Crippen LogP contribution in [0.25, 0.3) is 0 Å². The summed E-state index contributed by atoms with van der Waals surface area (Å²) >= 11 is 0. The van der Waals surface area contributed by atoms with Gasteiger partial charge in [-0.3, -0.25) is 61.6 Å². The van der Waals surface area contributed by atoms with Crippen molar-refractivity contribution in [1.29, 1.82) is 0 Å². The Labute approximate surface area is 716 Å². The Morgan fingerprint density at radius 1 is 0.354 bits per heavy atom. The van der Waals surface area contributed by atoms with E-state index in [1.807, 2.05) is 0 Å². The van der Waals surface area contributed by atoms with Gasteiger partial charge >= 0.3 is 34.8 Å². The Bertz CT molecular complexity index is 3830. The van der Waals surface area contributed by atoms with Crippen molar-refractivity contribution in [2.24, 2.45) is 5.73 Å². The summed E-state index contributed by atoms with van der Waals surface area (Å²) in [5, 5.41) is 80.0. The van der Waals surface area contributed by atoms with Crippen LogP contribution in [0.5, 0.6) is 0 Å². The molecule has 6 rings (SSSR count). The molecule has 3 saturated heterocycles. The zero-order chi connectivity index (χ0) is 93.0. The highest BCUT2D eigenvalue weighted by molar-refractivity contribution is 5.96. The minimum absolute atomic E-state index is 0.00180. The SMILES string of the molecule is NCCOCCOCCOCCOCCOCCOCCOCCOCCC(=O)NC(COCCC(=O)NCC(=O)NCC(=O)Nc1ccn([C@@H]2O[C@H](CO)[C@@H](O)C2(F)F)c(=O)n1)(COCCC(=O)NCC(=O)NCC(=O)Nc1ccn([C@@H]2O[C@H](CO)[C@@H](O)C2(F)F)c(=O)n1)COCCC(=O)NCC(=O)NCC(=O)Nc1ccn([C@@H]2O[C@H](CO)[C@@H](O)C2(F)F)c(=O)n1. The lowest BCUT2D eigenvalue weighted by atomic mass is 10.0. The van der Waals surface area contributed by atoms with Crippen molar-refractivity contribution in [1.82, 2.24) is 65.9 Å². The van der Waals surface area contributed by atoms with Crippen LogP contribution in [0, 0.1) is 0 Å². The number of halogens is 6. The third kappa shape index (κ3) is 35.9. The smallest absolute Gasteiger partial charge is 0.351 e. The van der Waals surface area contributed by atoms with Crippen LogP contribution in [-0.2, 0) is 114 Å². The van der Waals surface area contributed by atoms with Gasteiger partial charge in [-0.05, 0) is 18.2 Å². The van der Waals surface area contributed by atoms with Gasteiger partial charge in [-0.25, -0.2) is 14.4 Å². The fourth-order valence-corrected chi connectivity index (χ4v) is 11.2. The summed E-state index contributed by atoms with van der Waals surface area (Å²) in [5.74, 6) is -22.3. The van der Waals surface area contributed by atoms with E-state index in [9.17, 15) is 119 Å². The van der Waals surface area contributed by atoms with Gasteiger partial charge in [-0.15, -0.1) is 0 Å². The Morgan fingerprint density at radius 2 is 0.583 bits per heavy atom. The number of hydrogen-bond donors (Lipinski definition) is 17. The largest absolute Gasteiger partial charge is 0.394 e. The highest BCUT2D eigenvalue weighted by Crippen LogP contribution is 2.44. The summed E-state index contributed by atoms with van der Waals surface area (Å²) in [6.07, 6.45) is -19.2. The van der Waals surface area contributed by atoms with E-state index in [2.05, 4.69) is 68.1 Å². The quantitative estimate of drug-likeness (QED) is 0.0184. The number of anilines is 3. The third-order valence-corrected chi connectivity index (χ3v) is 17.7. The average Bonchev–Trinajstić information content (AvgIpc) is 1.63. The molecule has 6 heterocycles. The molecule has 3 fully saturated rings. The molecule has 0 spiro atoms. The number of ether oxygens (including phenoxy) is 14. The molecule has 50 nitrogen and oxygen atoms in total. The molecule has 0 aromatic carbocycles. The number of alkyl halides is 6. The monoisotopic (exact) mass is 1840 g/mol. The standard InChI is InChI=1S/C71H105F6N17O33/c72-69(73)59(108)43(37-95)125-62(69)92-9-1-46(88-65(92)111)85-56(105)34-82-53(102)31-79-49(98)4-13-122-40-68(91-52(101)7-12-114-17-19-116-21-23-118-25-27-120-29-30-121-28-26-119-24-22-117-20-18-115-16-8-78,41-123-14-5-50(99)80-32-54(103)83-35-57(106)86-47-2-10-93(66(112)89-47)63-70(74,75)60(109)44(38-96)126-63)42-124-15-6-51(100)81-33-55(104)84-36-58(107)87-48-3-11-94(67(113)90-48)64-71(76,77)61(110)45(39-97)127-64/h1-3,9-11,43-45,59-64,95-97,108-110H,4-8,12-42,78H2,(H,79,98)(H,80,99)(H,81,100)(H,82,102)(H,83,103)(H,84,104)(H,91,101)(H,85,88,105,111)(H,86,89,106,112)(H,87,90,107,113)/t43-,44-,45-,59-,60-,61-,62-,63-,64-/m1/s1. The number of nitrogens with two attached hydrogens (primary N) is 1. The number of aliphatic hydroxyl groups is 6. The van der Waals surface area contributed by atoms with Gasteiger partial charge < -0.3 is 156 Å². The molecule has 0 radical (unpaired) electrons. The van der Waals surface area contributed by atoms with E-state index in [0.29, 0.717) is 79.7 Å². The van der Waals surface area contributed by atoms with E-state index in [0.717, 1.165) is 36.8 Å². The van der Waals surface area contributed by atoms with Crippen molar-refractivity contribution in [2.75, 3.05) is 227 Å². The Morgan fingerprint density at radius 3 is 0.827 bits per heavy atom. The molecule has 0 aliphatic carbocycles. The molecular formula is C71H105F6N17O33. The molecule has 3 aliphatic rings. The first-order chi connectivity index (χ1) is 60.7. The molecule has 0 unspecified atom stereocenters. The number of hydrogen-bond acceptors (Lipinski definition) is 37. The van der Waals surface area contributed by atoms with Gasteiger partial charge in [0.05, 0.1) is 204 Å². The Hall–Kier alpha value is -9.92. The van der Waals surface area contributed by atoms with Crippen molar-refractivity contribution in [2.45, 2.75) is 104 Å². The van der Waals surface area contributed by atoms with E-state index in [4.69, 9.17) is 72.0 Å². The molecule has 18 N–H and O–H groups in total. The zero-order valence-electron chi connectivity index (χ0n) is 68.4. The van der Waals surface area contributed by atoms with Crippen LogP contribution < -0.4 is 76.0 Å². The van der Waals surface area contributed by atoms with Gasteiger partial charge in [-0.2, -0.15) is 41.3 Å². The second kappa shape index (κ2) is 55.1. The average molecular weight is 1840 g/mol. The van der Waals surface area contributed by atoms with Crippen LogP contribution in [0.15, 0.2) is 51.2 Å². The van der Waals surface area contributed by atoms with Crippen molar-refractivity contribution < 1.29 is 171 Å². The highest BCUT2D eigenvalue weighted by atomic mass is 19.3. The van der Waals surface area contributed by atoms with Gasteiger partial charge in [0.2, 0.25) is 77.8 Å². The van der Waals surface area contributed by atoms with Gasteiger partial charge in [0, 0.05) is 50.8 Å². The summed E-state index contributed by atoms with van der Waals surface area (Å²) in [5.41, 5.74) is -0.513. The van der Waals surface area contributed by atoms with E-state index >= 15 is 0 Å². The molecule has 9 atom stereocenters. The molecule has 3 aromatic heterocycles. The van der Waals surface area contributed by atoms with E-state index < -0.39 is 290 Å². The molecule has 0 saturated carbocycles. The van der Waals surface area contributed by atoms with Crippen molar-refractivity contribution in [3.05, 3.63) is 68.2 Å². The number of carbonyl (C=O) groups is 10. The van der Waals surface area contributed by atoms with E-state index in [1.54, 1.807) is 0 Å². The normalized spacial score (nSPS) is 19.7. The number of aromatic nitrogens is 6. The first-order valence-electron chi connectivity index (χ1n) is 39.3. The number of carbonyl (C=O) groups excluding carboxylic acids is 10. The fraction of sp³-hybridized carbons (Fsp3) is 0.690. The van der Waals surface area contributed by atoms with Crippen molar-refractivity contribution in [3.8, 4) is 0 Å². The summed E-state index contributed by atoms with van der Waals surface area (Å²) in [4.78, 5) is 178. The van der Waals surface area contributed by atoms with E-state index in [1.165, 1.54) is 0 Å². The van der Waals surface area contributed by atoms with Gasteiger partial charge in [0.25, 0.3) is 0 Å². The number of amides is 10. The number of rotatable bonds is 63. The molecule has 714 valence electrons. The first-order valence-corrected chi connectivity index (χ1v) is 39.3. The zero-order valence-corrected chi connectivity index (χ0v) is 68.4. The summed E-state index contributed by atoms with van der Waals surface area (Å²) in [6, 6.07) is 2.79. The predicted molar refractivity (Wildman–Crippen MR) is 413 cm³/mol. The van der Waals surface area contributed by atoms with Crippen LogP contribution in [0.3, 0.4) is 0 Å². The second-order valence-electron chi connectivity index (χ2n) is 27.5. The molecule has 10 amide bonds. The topological polar surface area (TPSA) is 672 Å². The maximum atomic E-state index is 14.7. The molecule has 3 aromatic rings. The Balaban J connectivity index is 1.01. The summed E-state index contributed by atoms with van der Waals surface area (Å²) in [7, 11) is 0. The Kier molecular flexibility index (Phi) is 45.9. The van der Waals surface area contributed by atoms with Crippen LogP contribution in [0.4, 0.5) is 43.8 Å². The maximum absolute atomic E-state index is 14.7. The van der Waals surface area contributed by atoms with Crippen LogP contribution in [-0.4, -0.2) is 389 Å². The molecule has 127 heavy (non-hydrogen) atoms. The van der Waals surface area contributed by atoms with E-state index in [-0.39, 0.29) is 52.7 Å². The van der Waals surface area contributed by atoms with Crippen LogP contribution >= 0.6 is 0 Å². The maximum Gasteiger partial charge on any atom is 0.351 e. The van der Waals surface area contributed by atoms with Gasteiger partial charge in [0.15, 0.2) is 18.3 Å². The van der Waals surface area contributed by atoms with Gasteiger partial charge in [0.1, 0.15) is 41.3 Å². The predicted octanol–water partition coefficient (Wildman–Crippen LogP) is -9.52. The molecular weight excluding hydrogens is 1730 g/mol. The van der Waals surface area contributed by atoms with Crippen molar-refractivity contribution >= 4 is 76.5 Å². The number of aliphatic hydroxyl groups excluding tert-OH is 6. The van der Waals surface area contributed by atoms with Gasteiger partial charge in [-0.1, -0.05) is 0 Å². The lowest BCUT2D eigenvalue weighted by Crippen LogP contribution is -2.59. The lowest BCUT2D eigenvalue weighted by Gasteiger charge is -2.34. The highest BCUT2D eigenvalue weighted by Gasteiger charge is 2.62. The molecule has 56 heteroatoms. The number of nitrogens with zero attached hydrogens (tertiary/aromatic N) is 6. The first kappa shape index (κ1) is 106. The van der Waals surface area contributed by atoms with Crippen molar-refractivity contribution in [3.63, 3.8) is 0 Å². The third-order valence-electron chi connectivity index (χ3n) is 17.7. The molecule has 0 bridgehead atoms. The van der Waals surface area contributed by atoms with Crippen LogP contribution in [0.2, 0.25) is 0 Å². The minimum atomic E-state index is -4.03. The number of nitrogens with one attached hydrogen (secondary N) is 10.